The molecule has 2 rings (SSSR count). The molecule has 2 atom stereocenters. The second kappa shape index (κ2) is 4.31. The fraction of sp³-hybridized carbons (Fsp3) is 0.818. The molecule has 4 nitrogen and oxygen atoms in total. The first-order valence-corrected chi connectivity index (χ1v) is 5.80. The fourth-order valence-corrected chi connectivity index (χ4v) is 2.46. The Hall–Kier alpha value is -0.900. The largest absolute Gasteiger partial charge is 0.343 e. The van der Waals surface area contributed by atoms with E-state index in [-0.39, 0.29) is 5.54 Å². The van der Waals surface area contributed by atoms with Gasteiger partial charge in [0.05, 0.1) is 5.54 Å². The van der Waals surface area contributed by atoms with Crippen molar-refractivity contribution in [1.82, 2.24) is 10.1 Å². The van der Waals surface area contributed by atoms with Gasteiger partial charge in [-0.25, -0.2) is 0 Å². The van der Waals surface area contributed by atoms with Crippen LogP contribution in [0, 0.1) is 5.92 Å². The van der Waals surface area contributed by atoms with Crippen LogP contribution in [0.1, 0.15) is 51.3 Å². The quantitative estimate of drug-likeness (QED) is 0.758. The van der Waals surface area contributed by atoms with Gasteiger partial charge >= 0.3 is 0 Å². The Morgan fingerprint density at radius 2 is 2.40 bits per heavy atom. The van der Waals surface area contributed by atoms with Crippen LogP contribution in [0.2, 0.25) is 0 Å². The monoisotopic (exact) mass is 209 g/mol. The average Bonchev–Trinajstić information content (AvgIpc) is 2.71. The zero-order valence-corrected chi connectivity index (χ0v) is 9.28. The third-order valence-electron chi connectivity index (χ3n) is 3.62. The lowest BCUT2D eigenvalue weighted by molar-refractivity contribution is 0.326. The van der Waals surface area contributed by atoms with Gasteiger partial charge < -0.3 is 10.3 Å². The van der Waals surface area contributed by atoms with Crippen LogP contribution in [-0.2, 0) is 5.54 Å². The molecule has 0 aromatic carbocycles. The summed E-state index contributed by atoms with van der Waals surface area (Å²) in [4.78, 5) is 4.10. The number of hydrogen-bond acceptors (Lipinski definition) is 4. The van der Waals surface area contributed by atoms with E-state index in [1.807, 2.05) is 0 Å². The molecule has 0 radical (unpaired) electrons. The van der Waals surface area contributed by atoms with Crippen molar-refractivity contribution in [2.75, 3.05) is 0 Å². The van der Waals surface area contributed by atoms with E-state index in [0.29, 0.717) is 5.82 Å². The predicted octanol–water partition coefficient (Wildman–Crippen LogP) is 2.21. The SMILES string of the molecule is CCC1CCCC(N)(c2ncon2)CC1. The summed E-state index contributed by atoms with van der Waals surface area (Å²) in [5.74, 6) is 1.50. The molecular weight excluding hydrogens is 190 g/mol. The maximum atomic E-state index is 6.36. The van der Waals surface area contributed by atoms with Crippen LogP contribution in [0.15, 0.2) is 10.9 Å². The molecule has 0 bridgehead atoms. The molecule has 1 aliphatic carbocycles. The summed E-state index contributed by atoms with van der Waals surface area (Å²) in [6.45, 7) is 2.25. The summed E-state index contributed by atoms with van der Waals surface area (Å²) >= 11 is 0. The average molecular weight is 209 g/mol. The number of aromatic nitrogens is 2. The lowest BCUT2D eigenvalue weighted by Gasteiger charge is -2.23. The van der Waals surface area contributed by atoms with Gasteiger partial charge in [-0.2, -0.15) is 4.98 Å². The Kier molecular flexibility index (Phi) is 3.05. The van der Waals surface area contributed by atoms with E-state index in [9.17, 15) is 0 Å². The van der Waals surface area contributed by atoms with Crippen molar-refractivity contribution in [3.8, 4) is 0 Å². The van der Waals surface area contributed by atoms with Crippen LogP contribution >= 0.6 is 0 Å². The van der Waals surface area contributed by atoms with Crippen molar-refractivity contribution < 1.29 is 4.52 Å². The van der Waals surface area contributed by atoms with Crippen molar-refractivity contribution in [1.29, 1.82) is 0 Å². The highest BCUT2D eigenvalue weighted by atomic mass is 16.5. The van der Waals surface area contributed by atoms with Crippen molar-refractivity contribution in [2.45, 2.75) is 51.0 Å². The highest BCUT2D eigenvalue weighted by Gasteiger charge is 2.34. The molecule has 0 spiro atoms. The van der Waals surface area contributed by atoms with Gasteiger partial charge in [0.25, 0.3) is 0 Å². The standard InChI is InChI=1S/C11H19N3O/c1-2-9-4-3-6-11(12,7-5-9)10-13-8-15-14-10/h8-9H,2-7,12H2,1H3. The Morgan fingerprint density at radius 3 is 3.07 bits per heavy atom. The first-order chi connectivity index (χ1) is 7.24. The molecule has 0 aliphatic heterocycles. The summed E-state index contributed by atoms with van der Waals surface area (Å²) < 4.78 is 4.79. The van der Waals surface area contributed by atoms with Crippen LogP contribution in [0.5, 0.6) is 0 Å². The first-order valence-electron chi connectivity index (χ1n) is 5.80. The maximum Gasteiger partial charge on any atom is 0.213 e. The van der Waals surface area contributed by atoms with Crippen LogP contribution < -0.4 is 5.73 Å². The molecule has 2 unspecified atom stereocenters. The molecule has 2 N–H and O–H groups in total. The Morgan fingerprint density at radius 1 is 1.53 bits per heavy atom. The predicted molar refractivity (Wildman–Crippen MR) is 57.0 cm³/mol. The summed E-state index contributed by atoms with van der Waals surface area (Å²) in [6, 6.07) is 0. The molecule has 4 heteroatoms. The lowest BCUT2D eigenvalue weighted by atomic mass is 9.90. The molecule has 1 aromatic heterocycles. The van der Waals surface area contributed by atoms with Crippen LogP contribution in [0.4, 0.5) is 0 Å². The fourth-order valence-electron chi connectivity index (χ4n) is 2.46. The summed E-state index contributed by atoms with van der Waals surface area (Å²) in [5, 5.41) is 3.89. The summed E-state index contributed by atoms with van der Waals surface area (Å²) in [5.41, 5.74) is 6.01. The van der Waals surface area contributed by atoms with E-state index in [0.717, 1.165) is 18.8 Å². The highest BCUT2D eigenvalue weighted by Crippen LogP contribution is 2.35. The van der Waals surface area contributed by atoms with Crippen LogP contribution in [0.3, 0.4) is 0 Å². The second-order valence-corrected chi connectivity index (χ2v) is 4.62. The smallest absolute Gasteiger partial charge is 0.213 e. The minimum absolute atomic E-state index is 0.350. The summed E-state index contributed by atoms with van der Waals surface area (Å²) in [7, 11) is 0. The normalized spacial score (nSPS) is 32.5. The minimum atomic E-state index is -0.350. The maximum absolute atomic E-state index is 6.36. The molecule has 15 heavy (non-hydrogen) atoms. The van der Waals surface area contributed by atoms with Gasteiger partial charge in [0.15, 0.2) is 5.82 Å². The van der Waals surface area contributed by atoms with Gasteiger partial charge in [0.1, 0.15) is 0 Å². The second-order valence-electron chi connectivity index (χ2n) is 4.62. The van der Waals surface area contributed by atoms with Crippen LogP contribution in [0.25, 0.3) is 0 Å². The molecule has 1 aliphatic rings. The molecule has 0 amide bonds. The van der Waals surface area contributed by atoms with Gasteiger partial charge in [-0.1, -0.05) is 31.3 Å². The van der Waals surface area contributed by atoms with E-state index in [1.165, 1.54) is 32.1 Å². The minimum Gasteiger partial charge on any atom is -0.343 e. The molecule has 1 fully saturated rings. The van der Waals surface area contributed by atoms with Gasteiger partial charge in [0, 0.05) is 0 Å². The molecule has 1 aromatic rings. The van der Waals surface area contributed by atoms with E-state index in [4.69, 9.17) is 10.3 Å². The first kappa shape index (κ1) is 10.6. The zero-order chi connectivity index (χ0) is 10.7. The Balaban J connectivity index is 2.09. The highest BCUT2D eigenvalue weighted by molar-refractivity contribution is 5.02. The number of nitrogens with zero attached hydrogens (tertiary/aromatic N) is 2. The van der Waals surface area contributed by atoms with E-state index >= 15 is 0 Å². The number of hydrogen-bond donors (Lipinski definition) is 1. The Labute approximate surface area is 90.2 Å². The third-order valence-corrected chi connectivity index (χ3v) is 3.62. The zero-order valence-electron chi connectivity index (χ0n) is 9.28. The van der Waals surface area contributed by atoms with E-state index in [2.05, 4.69) is 17.1 Å². The number of nitrogens with two attached hydrogens (primary N) is 1. The van der Waals surface area contributed by atoms with Gasteiger partial charge in [0.2, 0.25) is 6.39 Å². The number of rotatable bonds is 2. The third kappa shape index (κ3) is 2.20. The molecule has 0 saturated heterocycles. The topological polar surface area (TPSA) is 64.9 Å². The van der Waals surface area contributed by atoms with Gasteiger partial charge in [-0.3, -0.25) is 0 Å². The molecule has 84 valence electrons. The van der Waals surface area contributed by atoms with Crippen molar-refractivity contribution >= 4 is 0 Å². The van der Waals surface area contributed by atoms with Crippen molar-refractivity contribution in [3.63, 3.8) is 0 Å². The molecular formula is C11H19N3O. The lowest BCUT2D eigenvalue weighted by Crippen LogP contribution is -2.37. The summed E-state index contributed by atoms with van der Waals surface area (Å²) in [6.07, 6.45) is 8.21. The van der Waals surface area contributed by atoms with Crippen LogP contribution in [-0.4, -0.2) is 10.1 Å². The Bertz CT molecular complexity index is 299. The van der Waals surface area contributed by atoms with E-state index in [1.54, 1.807) is 0 Å². The van der Waals surface area contributed by atoms with E-state index < -0.39 is 0 Å². The molecule has 1 heterocycles. The van der Waals surface area contributed by atoms with Crippen molar-refractivity contribution in [2.24, 2.45) is 11.7 Å². The van der Waals surface area contributed by atoms with Gasteiger partial charge in [-0.05, 0) is 25.2 Å². The molecule has 1 saturated carbocycles. The van der Waals surface area contributed by atoms with Crippen molar-refractivity contribution in [3.05, 3.63) is 12.2 Å². The van der Waals surface area contributed by atoms with Gasteiger partial charge in [-0.15, -0.1) is 0 Å².